The van der Waals surface area contributed by atoms with Gasteiger partial charge in [-0.05, 0) is 44.2 Å². The number of anilines is 2. The SMILES string of the molecule is C[C@@H](CC1CC1)N1CCC2(CC1)Nc1ccccc1NC2=O. The van der Waals surface area contributed by atoms with E-state index in [1.807, 2.05) is 18.2 Å². The molecule has 1 aromatic carbocycles. The largest absolute Gasteiger partial charge is 0.369 e. The summed E-state index contributed by atoms with van der Waals surface area (Å²) in [5.41, 5.74) is 1.55. The standard InChI is InChI=1S/C18H25N3O/c1-13(12-14-6-7-14)21-10-8-18(9-11-21)17(22)19-15-4-2-3-5-16(15)20-18/h2-5,13-14,20H,6-12H2,1H3,(H,19,22)/t13-/m0/s1. The van der Waals surface area contributed by atoms with Crippen molar-refractivity contribution in [3.63, 3.8) is 0 Å². The Morgan fingerprint density at radius 3 is 2.59 bits per heavy atom. The fourth-order valence-corrected chi connectivity index (χ4v) is 3.94. The van der Waals surface area contributed by atoms with Crippen LogP contribution in [0.5, 0.6) is 0 Å². The molecule has 1 aliphatic carbocycles. The molecule has 1 amide bonds. The molecule has 2 aliphatic heterocycles. The zero-order valence-corrected chi connectivity index (χ0v) is 13.3. The molecule has 2 N–H and O–H groups in total. The van der Waals surface area contributed by atoms with Gasteiger partial charge in [0.05, 0.1) is 11.4 Å². The van der Waals surface area contributed by atoms with Gasteiger partial charge in [-0.1, -0.05) is 25.0 Å². The smallest absolute Gasteiger partial charge is 0.250 e. The Kier molecular flexibility index (Phi) is 3.37. The number of carbonyl (C=O) groups is 1. The summed E-state index contributed by atoms with van der Waals surface area (Å²) in [6, 6.07) is 8.65. The van der Waals surface area contributed by atoms with Gasteiger partial charge in [0.1, 0.15) is 5.54 Å². The third-order valence-corrected chi connectivity index (χ3v) is 5.63. The molecule has 1 spiro atoms. The predicted octanol–water partition coefficient (Wildman–Crippen LogP) is 3.07. The minimum Gasteiger partial charge on any atom is -0.369 e. The third kappa shape index (κ3) is 2.50. The second-order valence-corrected chi connectivity index (χ2v) is 7.27. The van der Waals surface area contributed by atoms with Crippen molar-refractivity contribution in [1.82, 2.24) is 4.90 Å². The number of nitrogens with one attached hydrogen (secondary N) is 2. The quantitative estimate of drug-likeness (QED) is 0.901. The van der Waals surface area contributed by atoms with Crippen molar-refractivity contribution in [2.75, 3.05) is 23.7 Å². The van der Waals surface area contributed by atoms with Crippen LogP contribution in [0.15, 0.2) is 24.3 Å². The summed E-state index contributed by atoms with van der Waals surface area (Å²) in [6.45, 7) is 4.37. The van der Waals surface area contributed by atoms with Crippen LogP contribution in [0.25, 0.3) is 0 Å². The van der Waals surface area contributed by atoms with Gasteiger partial charge in [-0.3, -0.25) is 4.79 Å². The molecule has 2 heterocycles. The van der Waals surface area contributed by atoms with E-state index in [2.05, 4.69) is 28.5 Å². The monoisotopic (exact) mass is 299 g/mol. The van der Waals surface area contributed by atoms with E-state index in [9.17, 15) is 4.79 Å². The number of hydrogen-bond donors (Lipinski definition) is 2. The maximum atomic E-state index is 12.6. The highest BCUT2D eigenvalue weighted by Gasteiger charge is 2.45. The number of benzene rings is 1. The highest BCUT2D eigenvalue weighted by atomic mass is 16.2. The Balaban J connectivity index is 1.44. The lowest BCUT2D eigenvalue weighted by Crippen LogP contribution is -2.59. The molecule has 3 aliphatic rings. The fraction of sp³-hybridized carbons (Fsp3) is 0.611. The van der Waals surface area contributed by atoms with Gasteiger partial charge in [0, 0.05) is 19.1 Å². The molecular weight excluding hydrogens is 274 g/mol. The number of amides is 1. The first-order valence-electron chi connectivity index (χ1n) is 8.59. The van der Waals surface area contributed by atoms with Gasteiger partial charge >= 0.3 is 0 Å². The number of nitrogens with zero attached hydrogens (tertiary/aromatic N) is 1. The number of hydrogen-bond acceptors (Lipinski definition) is 3. The molecule has 0 unspecified atom stereocenters. The van der Waals surface area contributed by atoms with Crippen LogP contribution in [0.4, 0.5) is 11.4 Å². The average molecular weight is 299 g/mol. The Morgan fingerprint density at radius 1 is 1.23 bits per heavy atom. The molecule has 22 heavy (non-hydrogen) atoms. The lowest BCUT2D eigenvalue weighted by molar-refractivity contribution is -0.122. The molecule has 4 rings (SSSR count). The number of para-hydroxylation sites is 2. The lowest BCUT2D eigenvalue weighted by atomic mass is 9.83. The summed E-state index contributed by atoms with van der Waals surface area (Å²) in [4.78, 5) is 15.2. The van der Waals surface area contributed by atoms with E-state index in [0.717, 1.165) is 43.2 Å². The molecule has 4 heteroatoms. The van der Waals surface area contributed by atoms with Gasteiger partial charge in [-0.25, -0.2) is 0 Å². The van der Waals surface area contributed by atoms with Crippen molar-refractivity contribution >= 4 is 17.3 Å². The molecular formula is C18H25N3O. The first-order chi connectivity index (χ1) is 10.7. The lowest BCUT2D eigenvalue weighted by Gasteiger charge is -2.45. The van der Waals surface area contributed by atoms with Crippen LogP contribution in [0.3, 0.4) is 0 Å². The molecule has 4 nitrogen and oxygen atoms in total. The number of likely N-dealkylation sites (tertiary alicyclic amines) is 1. The number of carbonyl (C=O) groups excluding carboxylic acids is 1. The Labute approximate surface area is 132 Å². The van der Waals surface area contributed by atoms with Crippen LogP contribution in [0.1, 0.15) is 39.0 Å². The van der Waals surface area contributed by atoms with Crippen LogP contribution in [0, 0.1) is 5.92 Å². The molecule has 1 saturated heterocycles. The maximum Gasteiger partial charge on any atom is 0.250 e. The van der Waals surface area contributed by atoms with E-state index in [1.54, 1.807) is 0 Å². The first-order valence-corrected chi connectivity index (χ1v) is 8.59. The summed E-state index contributed by atoms with van der Waals surface area (Å²) in [6.07, 6.45) is 5.95. The highest BCUT2D eigenvalue weighted by molar-refractivity contribution is 6.06. The third-order valence-electron chi connectivity index (χ3n) is 5.63. The van der Waals surface area contributed by atoms with Crippen LogP contribution >= 0.6 is 0 Å². The van der Waals surface area contributed by atoms with Crippen molar-refractivity contribution < 1.29 is 4.79 Å². The topological polar surface area (TPSA) is 44.4 Å². The number of rotatable bonds is 3. The van der Waals surface area contributed by atoms with Crippen molar-refractivity contribution in [1.29, 1.82) is 0 Å². The van der Waals surface area contributed by atoms with E-state index in [4.69, 9.17) is 0 Å². The first kappa shape index (κ1) is 14.1. The van der Waals surface area contributed by atoms with Crippen LogP contribution < -0.4 is 10.6 Å². The molecule has 1 aromatic rings. The van der Waals surface area contributed by atoms with Crippen molar-refractivity contribution in [2.24, 2.45) is 5.92 Å². The second-order valence-electron chi connectivity index (χ2n) is 7.27. The zero-order chi connectivity index (χ0) is 15.2. The molecule has 1 saturated carbocycles. The van der Waals surface area contributed by atoms with Crippen LogP contribution in [-0.4, -0.2) is 35.5 Å². The van der Waals surface area contributed by atoms with Crippen molar-refractivity contribution in [3.05, 3.63) is 24.3 Å². The van der Waals surface area contributed by atoms with Gasteiger partial charge in [0.15, 0.2) is 0 Å². The van der Waals surface area contributed by atoms with Gasteiger partial charge in [0.2, 0.25) is 5.91 Å². The number of piperidine rings is 1. The van der Waals surface area contributed by atoms with Gasteiger partial charge in [-0.2, -0.15) is 0 Å². The Hall–Kier alpha value is -1.55. The molecule has 0 aromatic heterocycles. The van der Waals surface area contributed by atoms with Crippen molar-refractivity contribution in [2.45, 2.75) is 50.6 Å². The summed E-state index contributed by atoms with van der Waals surface area (Å²) in [5, 5.41) is 6.62. The van der Waals surface area contributed by atoms with E-state index in [-0.39, 0.29) is 5.91 Å². The summed E-state index contributed by atoms with van der Waals surface area (Å²) < 4.78 is 0. The van der Waals surface area contributed by atoms with Crippen LogP contribution in [0.2, 0.25) is 0 Å². The molecule has 0 radical (unpaired) electrons. The molecule has 2 fully saturated rings. The molecule has 118 valence electrons. The Bertz CT molecular complexity index is 573. The molecule has 1 atom stereocenters. The fourth-order valence-electron chi connectivity index (χ4n) is 3.94. The Morgan fingerprint density at radius 2 is 1.91 bits per heavy atom. The van der Waals surface area contributed by atoms with E-state index in [0.29, 0.717) is 6.04 Å². The van der Waals surface area contributed by atoms with Gasteiger partial charge < -0.3 is 15.5 Å². The minimum atomic E-state index is -0.413. The van der Waals surface area contributed by atoms with Gasteiger partial charge in [0.25, 0.3) is 0 Å². The average Bonchev–Trinajstić information content (AvgIpc) is 3.33. The van der Waals surface area contributed by atoms with E-state index in [1.165, 1.54) is 19.3 Å². The second kappa shape index (κ2) is 5.27. The maximum absolute atomic E-state index is 12.6. The summed E-state index contributed by atoms with van der Waals surface area (Å²) in [7, 11) is 0. The van der Waals surface area contributed by atoms with Gasteiger partial charge in [-0.15, -0.1) is 0 Å². The minimum absolute atomic E-state index is 0.140. The number of fused-ring (bicyclic) bond motifs is 1. The van der Waals surface area contributed by atoms with Crippen LogP contribution in [-0.2, 0) is 4.79 Å². The van der Waals surface area contributed by atoms with E-state index >= 15 is 0 Å². The van der Waals surface area contributed by atoms with E-state index < -0.39 is 5.54 Å². The molecule has 0 bridgehead atoms. The predicted molar refractivity (Wildman–Crippen MR) is 89.0 cm³/mol. The highest BCUT2D eigenvalue weighted by Crippen LogP contribution is 2.38. The summed E-state index contributed by atoms with van der Waals surface area (Å²) in [5.74, 6) is 1.11. The zero-order valence-electron chi connectivity index (χ0n) is 13.3. The summed E-state index contributed by atoms with van der Waals surface area (Å²) >= 11 is 0. The normalized spacial score (nSPS) is 25.2. The van der Waals surface area contributed by atoms with Crippen molar-refractivity contribution in [3.8, 4) is 0 Å².